The largest absolute Gasteiger partial charge is 0.439 e. The van der Waals surface area contributed by atoms with E-state index < -0.39 is 11.6 Å². The number of nitrogens with zero attached hydrogens (tertiary/aromatic N) is 2. The average molecular weight is 423 g/mol. The minimum atomic E-state index is -1.19. The molecule has 4 aromatic rings. The molecule has 158 valence electrons. The first-order valence-electron chi connectivity index (χ1n) is 10.4. The van der Waals surface area contributed by atoms with E-state index in [0.29, 0.717) is 18.1 Å². The van der Waals surface area contributed by atoms with Gasteiger partial charge in [0.15, 0.2) is 11.3 Å². The summed E-state index contributed by atoms with van der Waals surface area (Å²) in [7, 11) is 0. The molecule has 1 fully saturated rings. The maximum absolute atomic E-state index is 13.7. The molecule has 0 saturated carbocycles. The summed E-state index contributed by atoms with van der Waals surface area (Å²) < 4.78 is 5.84. The number of amides is 3. The molecule has 2 heterocycles. The first-order valence-corrected chi connectivity index (χ1v) is 10.4. The number of aromatic nitrogens is 1. The van der Waals surface area contributed by atoms with Crippen LogP contribution in [0.1, 0.15) is 17.0 Å². The number of hydrogen-bond acceptors (Lipinski definition) is 4. The molecule has 0 bridgehead atoms. The molecular weight excluding hydrogens is 402 g/mol. The van der Waals surface area contributed by atoms with Crippen LogP contribution in [0.2, 0.25) is 0 Å². The fraction of sp³-hybridized carbons (Fsp3) is 0.115. The van der Waals surface area contributed by atoms with Crippen molar-refractivity contribution < 1.29 is 14.0 Å². The number of urea groups is 1. The molecule has 0 radical (unpaired) electrons. The summed E-state index contributed by atoms with van der Waals surface area (Å²) in [5.74, 6) is 0.569. The van der Waals surface area contributed by atoms with E-state index in [0.717, 1.165) is 16.7 Å². The third-order valence-corrected chi connectivity index (χ3v) is 5.66. The Morgan fingerprint density at radius 2 is 1.47 bits per heavy atom. The van der Waals surface area contributed by atoms with Crippen molar-refractivity contribution >= 4 is 11.9 Å². The molecule has 1 N–H and O–H groups in total. The molecule has 0 aliphatic carbocycles. The van der Waals surface area contributed by atoms with E-state index >= 15 is 0 Å². The molecular formula is C26H21N3O3. The van der Waals surface area contributed by atoms with Gasteiger partial charge in [0, 0.05) is 12.0 Å². The Labute approximate surface area is 185 Å². The van der Waals surface area contributed by atoms with Gasteiger partial charge in [-0.2, -0.15) is 0 Å². The van der Waals surface area contributed by atoms with Crippen molar-refractivity contribution in [1.82, 2.24) is 15.2 Å². The molecule has 32 heavy (non-hydrogen) atoms. The lowest BCUT2D eigenvalue weighted by atomic mass is 9.83. The van der Waals surface area contributed by atoms with E-state index in [1.165, 1.54) is 4.90 Å². The van der Waals surface area contributed by atoms with E-state index in [1.54, 1.807) is 6.20 Å². The maximum atomic E-state index is 13.7. The summed E-state index contributed by atoms with van der Waals surface area (Å²) in [6.45, 7) is -0.0408. The highest BCUT2D eigenvalue weighted by Gasteiger charge is 2.52. The van der Waals surface area contributed by atoms with Crippen LogP contribution in [0.5, 0.6) is 0 Å². The smallest absolute Gasteiger partial charge is 0.325 e. The topological polar surface area (TPSA) is 75.4 Å². The van der Waals surface area contributed by atoms with Crippen LogP contribution in [0.25, 0.3) is 11.3 Å². The van der Waals surface area contributed by atoms with Gasteiger partial charge in [0.1, 0.15) is 6.54 Å². The Bertz CT molecular complexity index is 1240. The summed E-state index contributed by atoms with van der Waals surface area (Å²) in [5, 5.41) is 2.96. The van der Waals surface area contributed by atoms with Crippen LogP contribution in [0, 0.1) is 0 Å². The number of carbonyl (C=O) groups excluding carboxylic acids is 2. The fourth-order valence-corrected chi connectivity index (χ4v) is 4.07. The summed E-state index contributed by atoms with van der Waals surface area (Å²) in [4.78, 5) is 32.1. The molecule has 5 rings (SSSR count). The number of nitrogens with one attached hydrogen (secondary N) is 1. The zero-order valence-corrected chi connectivity index (χ0v) is 17.3. The van der Waals surface area contributed by atoms with Crippen molar-refractivity contribution in [2.75, 3.05) is 0 Å². The zero-order chi connectivity index (χ0) is 22.0. The molecule has 3 aromatic carbocycles. The van der Waals surface area contributed by atoms with Crippen LogP contribution in [0.4, 0.5) is 4.79 Å². The molecule has 6 heteroatoms. The van der Waals surface area contributed by atoms with Gasteiger partial charge in [-0.1, -0.05) is 91.0 Å². The normalized spacial score (nSPS) is 18.1. The Morgan fingerprint density at radius 1 is 0.844 bits per heavy atom. The second kappa shape index (κ2) is 8.15. The van der Waals surface area contributed by atoms with Crippen LogP contribution in [-0.2, 0) is 23.3 Å². The number of carbonyl (C=O) groups is 2. The lowest BCUT2D eigenvalue weighted by Crippen LogP contribution is -2.46. The van der Waals surface area contributed by atoms with Crippen molar-refractivity contribution in [3.8, 4) is 11.3 Å². The molecule has 0 unspecified atom stereocenters. The Morgan fingerprint density at radius 3 is 2.16 bits per heavy atom. The van der Waals surface area contributed by atoms with Gasteiger partial charge >= 0.3 is 6.03 Å². The first kappa shape index (κ1) is 19.8. The number of oxazole rings is 1. The summed E-state index contributed by atoms with van der Waals surface area (Å²) in [5.41, 5.74) is 1.39. The predicted molar refractivity (Wildman–Crippen MR) is 119 cm³/mol. The van der Waals surface area contributed by atoms with Gasteiger partial charge in [0.25, 0.3) is 5.91 Å². The van der Waals surface area contributed by atoms with Gasteiger partial charge < -0.3 is 9.73 Å². The van der Waals surface area contributed by atoms with Crippen LogP contribution in [-0.4, -0.2) is 21.8 Å². The van der Waals surface area contributed by atoms with E-state index in [1.807, 2.05) is 91.0 Å². The highest BCUT2D eigenvalue weighted by Crippen LogP contribution is 2.34. The van der Waals surface area contributed by atoms with Gasteiger partial charge in [0.05, 0.1) is 6.20 Å². The minimum absolute atomic E-state index is 0.0408. The van der Waals surface area contributed by atoms with Crippen molar-refractivity contribution in [2.24, 2.45) is 0 Å². The van der Waals surface area contributed by atoms with E-state index in [-0.39, 0.29) is 12.5 Å². The number of imide groups is 1. The number of rotatable bonds is 6. The highest BCUT2D eigenvalue weighted by molar-refractivity contribution is 6.07. The van der Waals surface area contributed by atoms with Crippen molar-refractivity contribution in [2.45, 2.75) is 18.5 Å². The molecule has 3 amide bonds. The van der Waals surface area contributed by atoms with Crippen LogP contribution in [0.3, 0.4) is 0 Å². The molecule has 1 aliphatic rings. The maximum Gasteiger partial charge on any atom is 0.325 e. The van der Waals surface area contributed by atoms with Gasteiger partial charge in [-0.15, -0.1) is 0 Å². The predicted octanol–water partition coefficient (Wildman–Crippen LogP) is 4.53. The first-order chi connectivity index (χ1) is 15.7. The lowest BCUT2D eigenvalue weighted by molar-refractivity contribution is -0.132. The third kappa shape index (κ3) is 3.56. The monoisotopic (exact) mass is 423 g/mol. The molecule has 6 nitrogen and oxygen atoms in total. The molecule has 0 spiro atoms. The third-order valence-electron chi connectivity index (χ3n) is 5.66. The Kier molecular flexibility index (Phi) is 5.03. The summed E-state index contributed by atoms with van der Waals surface area (Å²) in [6.07, 6.45) is 1.96. The van der Waals surface area contributed by atoms with Gasteiger partial charge in [0.2, 0.25) is 5.89 Å². The van der Waals surface area contributed by atoms with Crippen LogP contribution < -0.4 is 5.32 Å². The Balaban J connectivity index is 1.46. The second-order valence-electron chi connectivity index (χ2n) is 7.74. The summed E-state index contributed by atoms with van der Waals surface area (Å²) >= 11 is 0. The molecule has 1 aromatic heterocycles. The van der Waals surface area contributed by atoms with Gasteiger partial charge in [-0.05, 0) is 11.1 Å². The number of hydrogen-bond donors (Lipinski definition) is 1. The second-order valence-corrected chi connectivity index (χ2v) is 7.74. The van der Waals surface area contributed by atoms with Gasteiger partial charge in [-0.25, -0.2) is 9.78 Å². The van der Waals surface area contributed by atoms with E-state index in [9.17, 15) is 9.59 Å². The van der Waals surface area contributed by atoms with Crippen molar-refractivity contribution in [1.29, 1.82) is 0 Å². The highest BCUT2D eigenvalue weighted by atomic mass is 16.4. The van der Waals surface area contributed by atoms with E-state index in [4.69, 9.17) is 4.42 Å². The fourth-order valence-electron chi connectivity index (χ4n) is 4.07. The quantitative estimate of drug-likeness (QED) is 0.462. The molecule has 1 aliphatic heterocycles. The Hall–Kier alpha value is -4.19. The summed E-state index contributed by atoms with van der Waals surface area (Å²) in [6, 6.07) is 28.1. The SMILES string of the molecule is O=C1N[C@](Cc2ccccc2)(c2ccccc2)C(=O)N1Cc1ncc(-c2ccccc2)o1. The van der Waals surface area contributed by atoms with Crippen molar-refractivity contribution in [3.63, 3.8) is 0 Å². The van der Waals surface area contributed by atoms with E-state index in [2.05, 4.69) is 10.3 Å². The number of benzene rings is 3. The molecule has 1 atom stereocenters. The van der Waals surface area contributed by atoms with Crippen LogP contribution in [0.15, 0.2) is 102 Å². The molecule has 1 saturated heterocycles. The lowest BCUT2D eigenvalue weighted by Gasteiger charge is -2.27. The standard InChI is InChI=1S/C26H21N3O3/c30-24-26(21-14-8-3-9-15-21,16-19-10-4-1-5-11-19)28-25(31)29(24)18-23-27-17-22(32-23)20-12-6-2-7-13-20/h1-15,17H,16,18H2,(H,28,31)/t26-/m1/s1. The zero-order valence-electron chi connectivity index (χ0n) is 17.3. The minimum Gasteiger partial charge on any atom is -0.439 e. The van der Waals surface area contributed by atoms with Gasteiger partial charge in [-0.3, -0.25) is 9.69 Å². The average Bonchev–Trinajstić information content (AvgIpc) is 3.40. The van der Waals surface area contributed by atoms with Crippen LogP contribution >= 0.6 is 0 Å². The van der Waals surface area contributed by atoms with Crippen molar-refractivity contribution in [3.05, 3.63) is 114 Å².